The highest BCUT2D eigenvalue weighted by Gasteiger charge is 2.04. The van der Waals surface area contributed by atoms with Crippen molar-refractivity contribution in [3.8, 4) is 0 Å². The van der Waals surface area contributed by atoms with E-state index in [1.807, 2.05) is 30.3 Å². The van der Waals surface area contributed by atoms with E-state index < -0.39 is 0 Å². The van der Waals surface area contributed by atoms with E-state index in [2.05, 4.69) is 0 Å². The quantitative estimate of drug-likeness (QED) is 0.568. The van der Waals surface area contributed by atoms with Crippen LogP contribution >= 0.6 is 11.6 Å². The molecule has 78 valence electrons. The van der Waals surface area contributed by atoms with Crippen molar-refractivity contribution in [3.05, 3.63) is 35.9 Å². The number of halogens is 1. The molecule has 0 aliphatic carbocycles. The van der Waals surface area contributed by atoms with Crippen LogP contribution in [-0.4, -0.2) is 17.1 Å². The highest BCUT2D eigenvalue weighted by Crippen LogP contribution is 2.08. The maximum Gasteiger partial charge on any atom is 0.0580 e. The van der Waals surface area contributed by atoms with Crippen molar-refractivity contribution in [2.75, 3.05) is 5.88 Å². The summed E-state index contributed by atoms with van der Waals surface area (Å²) in [5.74, 6) is 0.693. The van der Waals surface area contributed by atoms with Crippen LogP contribution in [0.1, 0.15) is 24.8 Å². The first-order chi connectivity index (χ1) is 6.83. The minimum absolute atomic E-state index is 0.222. The second kappa shape index (κ2) is 6.86. The Morgan fingerprint density at radius 2 is 1.86 bits per heavy atom. The molecule has 1 N–H and O–H groups in total. The fourth-order valence-corrected chi connectivity index (χ4v) is 1.65. The number of benzene rings is 1. The highest BCUT2D eigenvalue weighted by molar-refractivity contribution is 6.17. The van der Waals surface area contributed by atoms with Crippen LogP contribution in [0, 0.1) is 0 Å². The summed E-state index contributed by atoms with van der Waals surface area (Å²) < 4.78 is 0. The lowest BCUT2D eigenvalue weighted by atomic mass is 10.0. The molecule has 0 amide bonds. The van der Waals surface area contributed by atoms with Gasteiger partial charge in [-0.05, 0) is 31.2 Å². The molecule has 1 unspecified atom stereocenters. The lowest BCUT2D eigenvalue weighted by molar-refractivity contribution is 0.162. The summed E-state index contributed by atoms with van der Waals surface area (Å²) in [5, 5.41) is 9.69. The average molecular weight is 213 g/mol. The van der Waals surface area contributed by atoms with Gasteiger partial charge in [0.1, 0.15) is 0 Å². The molecule has 0 saturated heterocycles. The van der Waals surface area contributed by atoms with Gasteiger partial charge in [0, 0.05) is 5.88 Å². The molecule has 0 radical (unpaired) electrons. The summed E-state index contributed by atoms with van der Waals surface area (Å²) in [4.78, 5) is 0. The van der Waals surface area contributed by atoms with Gasteiger partial charge in [-0.1, -0.05) is 30.3 Å². The van der Waals surface area contributed by atoms with Gasteiger partial charge < -0.3 is 5.11 Å². The van der Waals surface area contributed by atoms with Gasteiger partial charge in [0.2, 0.25) is 0 Å². The molecule has 2 heteroatoms. The molecule has 14 heavy (non-hydrogen) atoms. The zero-order chi connectivity index (χ0) is 10.2. The van der Waals surface area contributed by atoms with Crippen LogP contribution in [0.25, 0.3) is 0 Å². The Labute approximate surface area is 90.7 Å². The molecular formula is C12H17ClO. The van der Waals surface area contributed by atoms with Crippen molar-refractivity contribution >= 4 is 11.6 Å². The normalized spacial score (nSPS) is 12.7. The Hall–Kier alpha value is -0.530. The monoisotopic (exact) mass is 212 g/mol. The molecule has 1 atom stereocenters. The van der Waals surface area contributed by atoms with Gasteiger partial charge in [-0.3, -0.25) is 0 Å². The van der Waals surface area contributed by atoms with E-state index in [-0.39, 0.29) is 6.10 Å². The predicted molar refractivity (Wildman–Crippen MR) is 60.7 cm³/mol. The van der Waals surface area contributed by atoms with Crippen molar-refractivity contribution in [1.29, 1.82) is 0 Å². The summed E-state index contributed by atoms with van der Waals surface area (Å²) in [6.07, 6.45) is 3.39. The standard InChI is InChI=1S/C12H17ClO/c13-9-5-4-8-12(14)10-11-6-2-1-3-7-11/h1-3,6-7,12,14H,4-5,8-10H2. The van der Waals surface area contributed by atoms with E-state index in [9.17, 15) is 5.11 Å². The zero-order valence-electron chi connectivity index (χ0n) is 8.32. The van der Waals surface area contributed by atoms with Crippen molar-refractivity contribution in [3.63, 3.8) is 0 Å². The van der Waals surface area contributed by atoms with Crippen molar-refractivity contribution in [1.82, 2.24) is 0 Å². The summed E-state index contributed by atoms with van der Waals surface area (Å²) in [6.45, 7) is 0. The number of alkyl halides is 1. The third-order valence-electron chi connectivity index (χ3n) is 2.24. The minimum Gasteiger partial charge on any atom is -0.393 e. The fraction of sp³-hybridized carbons (Fsp3) is 0.500. The maximum absolute atomic E-state index is 9.69. The van der Waals surface area contributed by atoms with Crippen LogP contribution in [0.3, 0.4) is 0 Å². The van der Waals surface area contributed by atoms with E-state index >= 15 is 0 Å². The van der Waals surface area contributed by atoms with Crippen molar-refractivity contribution in [2.45, 2.75) is 31.8 Å². The van der Waals surface area contributed by atoms with Crippen LogP contribution in [0.4, 0.5) is 0 Å². The Morgan fingerprint density at radius 3 is 2.50 bits per heavy atom. The molecule has 1 nitrogen and oxygen atoms in total. The van der Waals surface area contributed by atoms with Crippen LogP contribution in [0.15, 0.2) is 30.3 Å². The number of hydrogen-bond donors (Lipinski definition) is 1. The molecule has 1 rings (SSSR count). The van der Waals surface area contributed by atoms with Crippen molar-refractivity contribution < 1.29 is 5.11 Å². The molecule has 0 fully saturated rings. The van der Waals surface area contributed by atoms with Gasteiger partial charge in [0.15, 0.2) is 0 Å². The fourth-order valence-electron chi connectivity index (χ4n) is 1.46. The molecular weight excluding hydrogens is 196 g/mol. The summed E-state index contributed by atoms with van der Waals surface area (Å²) >= 11 is 5.56. The summed E-state index contributed by atoms with van der Waals surface area (Å²) in [5.41, 5.74) is 1.20. The first-order valence-corrected chi connectivity index (χ1v) is 5.64. The van der Waals surface area contributed by atoms with Gasteiger partial charge in [0.05, 0.1) is 6.10 Å². The smallest absolute Gasteiger partial charge is 0.0580 e. The third-order valence-corrected chi connectivity index (χ3v) is 2.50. The number of unbranched alkanes of at least 4 members (excludes halogenated alkanes) is 1. The Morgan fingerprint density at radius 1 is 1.14 bits per heavy atom. The first kappa shape index (κ1) is 11.5. The molecule has 0 spiro atoms. The van der Waals surface area contributed by atoms with Gasteiger partial charge in [-0.25, -0.2) is 0 Å². The second-order valence-electron chi connectivity index (χ2n) is 3.53. The Balaban J connectivity index is 2.23. The molecule has 1 aromatic rings. The topological polar surface area (TPSA) is 20.2 Å². The maximum atomic E-state index is 9.69. The minimum atomic E-state index is -0.222. The molecule has 0 aliphatic heterocycles. The molecule has 0 heterocycles. The number of rotatable bonds is 6. The predicted octanol–water partition coefficient (Wildman–Crippen LogP) is 3.00. The lowest BCUT2D eigenvalue weighted by Gasteiger charge is -2.09. The summed E-state index contributed by atoms with van der Waals surface area (Å²) in [6, 6.07) is 10.1. The SMILES string of the molecule is OC(CCCCCl)Cc1ccccc1. The van der Waals surface area contributed by atoms with Gasteiger partial charge in [-0.2, -0.15) is 0 Å². The lowest BCUT2D eigenvalue weighted by Crippen LogP contribution is -2.10. The second-order valence-corrected chi connectivity index (χ2v) is 3.91. The van der Waals surface area contributed by atoms with E-state index in [4.69, 9.17) is 11.6 Å². The van der Waals surface area contributed by atoms with Crippen LogP contribution in [-0.2, 0) is 6.42 Å². The molecule has 0 bridgehead atoms. The number of aliphatic hydroxyl groups excluding tert-OH is 1. The van der Waals surface area contributed by atoms with Crippen LogP contribution in [0.2, 0.25) is 0 Å². The molecule has 0 saturated carbocycles. The summed E-state index contributed by atoms with van der Waals surface area (Å²) in [7, 11) is 0. The van der Waals surface area contributed by atoms with Crippen molar-refractivity contribution in [2.24, 2.45) is 0 Å². The van der Waals surface area contributed by atoms with Gasteiger partial charge in [0.25, 0.3) is 0 Å². The Bertz CT molecular complexity index is 235. The van der Waals surface area contributed by atoms with E-state index in [1.54, 1.807) is 0 Å². The van der Waals surface area contributed by atoms with E-state index in [0.717, 1.165) is 25.7 Å². The average Bonchev–Trinajstić information content (AvgIpc) is 2.20. The highest BCUT2D eigenvalue weighted by atomic mass is 35.5. The third kappa shape index (κ3) is 4.64. The van der Waals surface area contributed by atoms with Gasteiger partial charge >= 0.3 is 0 Å². The number of aliphatic hydroxyl groups is 1. The zero-order valence-corrected chi connectivity index (χ0v) is 9.08. The van der Waals surface area contributed by atoms with E-state index in [1.165, 1.54) is 5.56 Å². The Kier molecular flexibility index (Phi) is 5.65. The molecule has 1 aromatic carbocycles. The first-order valence-electron chi connectivity index (χ1n) is 5.11. The van der Waals surface area contributed by atoms with Crippen LogP contribution < -0.4 is 0 Å². The van der Waals surface area contributed by atoms with E-state index in [0.29, 0.717) is 5.88 Å². The molecule has 0 aromatic heterocycles. The molecule has 0 aliphatic rings. The number of hydrogen-bond acceptors (Lipinski definition) is 1. The van der Waals surface area contributed by atoms with Gasteiger partial charge in [-0.15, -0.1) is 11.6 Å². The van der Waals surface area contributed by atoms with Crippen LogP contribution in [0.5, 0.6) is 0 Å². The largest absolute Gasteiger partial charge is 0.393 e.